The Kier molecular flexibility index (Phi) is 5.75. The zero-order valence-corrected chi connectivity index (χ0v) is 18.4. The molecule has 0 atom stereocenters. The third-order valence-corrected chi connectivity index (χ3v) is 5.94. The van der Waals surface area contributed by atoms with E-state index in [2.05, 4.69) is 20.0 Å². The second-order valence-corrected chi connectivity index (χ2v) is 8.73. The number of anilines is 1. The van der Waals surface area contributed by atoms with Gasteiger partial charge in [-0.2, -0.15) is 5.10 Å². The van der Waals surface area contributed by atoms with Crippen molar-refractivity contribution in [2.24, 2.45) is 0 Å². The number of ether oxygens (including phenoxy) is 1. The highest BCUT2D eigenvalue weighted by Crippen LogP contribution is 2.24. The Morgan fingerprint density at radius 1 is 0.970 bits per heavy atom. The monoisotopic (exact) mass is 466 g/mol. The summed E-state index contributed by atoms with van der Waals surface area (Å²) in [4.78, 5) is 10.0. The Hall–Kier alpha value is -4.32. The molecule has 0 fully saturated rings. The molecule has 4 rings (SSSR count). The summed E-state index contributed by atoms with van der Waals surface area (Å²) < 4.78 is 34.8. The Bertz CT molecular complexity index is 1400. The van der Waals surface area contributed by atoms with Crippen molar-refractivity contribution in [3.8, 4) is 17.4 Å². The van der Waals surface area contributed by atoms with Gasteiger partial charge < -0.3 is 4.74 Å². The van der Waals surface area contributed by atoms with Crippen LogP contribution in [0.3, 0.4) is 0 Å². The van der Waals surface area contributed by atoms with Gasteiger partial charge in [0.2, 0.25) is 5.88 Å². The van der Waals surface area contributed by atoms with Gasteiger partial charge in [-0.3, -0.25) is 14.8 Å². The zero-order valence-electron chi connectivity index (χ0n) is 17.5. The quantitative estimate of drug-likeness (QED) is 0.320. The minimum atomic E-state index is -3.90. The average molecular weight is 466 g/mol. The second-order valence-electron chi connectivity index (χ2n) is 7.05. The molecule has 2 aromatic carbocycles. The van der Waals surface area contributed by atoms with E-state index >= 15 is 0 Å². The minimum Gasteiger partial charge on any atom is -0.438 e. The fourth-order valence-corrected chi connectivity index (χ4v) is 4.07. The lowest BCUT2D eigenvalue weighted by atomic mass is 10.3. The Morgan fingerprint density at radius 2 is 1.67 bits per heavy atom. The Morgan fingerprint density at radius 3 is 2.21 bits per heavy atom. The third-order valence-electron chi connectivity index (χ3n) is 4.54. The van der Waals surface area contributed by atoms with E-state index < -0.39 is 14.9 Å². The van der Waals surface area contributed by atoms with Crippen molar-refractivity contribution in [2.45, 2.75) is 18.7 Å². The van der Waals surface area contributed by atoms with Gasteiger partial charge in [-0.05, 0) is 62.4 Å². The van der Waals surface area contributed by atoms with Crippen molar-refractivity contribution in [3.05, 3.63) is 88.2 Å². The minimum absolute atomic E-state index is 0.0913. The molecule has 168 valence electrons. The number of aromatic nitrogens is 4. The lowest BCUT2D eigenvalue weighted by Crippen LogP contribution is -2.12. The first kappa shape index (κ1) is 21.9. The summed E-state index contributed by atoms with van der Waals surface area (Å²) in [7, 11) is -3.90. The average Bonchev–Trinajstić information content (AvgIpc) is 3.13. The molecule has 33 heavy (non-hydrogen) atoms. The third kappa shape index (κ3) is 4.96. The fourth-order valence-electron chi connectivity index (χ4n) is 3.01. The van der Waals surface area contributed by atoms with E-state index in [4.69, 9.17) is 4.74 Å². The predicted octanol–water partition coefficient (Wildman–Crippen LogP) is 3.78. The summed E-state index contributed by atoms with van der Waals surface area (Å²) >= 11 is 0. The molecule has 0 spiro atoms. The summed E-state index contributed by atoms with van der Waals surface area (Å²) in [5.74, 6) is 1.25. The standard InChI is InChI=1S/C21H18N6O5S/c1-14-13-15(2)26(24-14)20-11-12-21(23-22-20)32-18-7-3-16(4-8-18)25-33(30,31)19-9-5-17(6-10-19)27(28)29/h3-13,25H,1-2H3. The van der Waals surface area contributed by atoms with Gasteiger partial charge in [0.25, 0.3) is 15.7 Å². The molecule has 2 heterocycles. The number of aryl methyl sites for hydroxylation is 2. The molecule has 0 saturated heterocycles. The summed E-state index contributed by atoms with van der Waals surface area (Å²) in [6.45, 7) is 3.81. The number of benzene rings is 2. The van der Waals surface area contributed by atoms with Gasteiger partial charge >= 0.3 is 0 Å². The van der Waals surface area contributed by atoms with E-state index in [1.165, 1.54) is 24.3 Å². The number of nitro benzene ring substituents is 1. The number of nitrogens with one attached hydrogen (secondary N) is 1. The van der Waals surface area contributed by atoms with Crippen LogP contribution < -0.4 is 9.46 Å². The van der Waals surface area contributed by atoms with Crippen molar-refractivity contribution >= 4 is 21.4 Å². The maximum atomic E-state index is 12.5. The van der Waals surface area contributed by atoms with E-state index in [0.29, 0.717) is 17.3 Å². The Labute approximate surface area is 188 Å². The molecule has 1 N–H and O–H groups in total. The molecule has 4 aromatic rings. The first-order chi connectivity index (χ1) is 15.7. The van der Waals surface area contributed by atoms with Crippen LogP contribution in [0, 0.1) is 24.0 Å². The number of hydrogen-bond acceptors (Lipinski definition) is 8. The maximum Gasteiger partial charge on any atom is 0.269 e. The molecule has 11 nitrogen and oxygen atoms in total. The van der Waals surface area contributed by atoms with Crippen LogP contribution in [0.1, 0.15) is 11.4 Å². The first-order valence-electron chi connectivity index (χ1n) is 9.64. The van der Waals surface area contributed by atoms with E-state index in [0.717, 1.165) is 23.5 Å². The lowest BCUT2D eigenvalue weighted by Gasteiger charge is -2.09. The van der Waals surface area contributed by atoms with Crippen LogP contribution in [0.25, 0.3) is 5.82 Å². The molecule has 0 unspecified atom stereocenters. The van der Waals surface area contributed by atoms with Gasteiger partial charge in [0.15, 0.2) is 5.82 Å². The molecule has 2 aromatic heterocycles. The van der Waals surface area contributed by atoms with Crippen LogP contribution in [0.4, 0.5) is 11.4 Å². The van der Waals surface area contributed by atoms with Crippen molar-refractivity contribution in [3.63, 3.8) is 0 Å². The summed E-state index contributed by atoms with van der Waals surface area (Å²) in [5.41, 5.74) is 1.91. The van der Waals surface area contributed by atoms with Gasteiger partial charge in [-0.25, -0.2) is 13.1 Å². The molecule has 0 radical (unpaired) electrons. The van der Waals surface area contributed by atoms with Crippen molar-refractivity contribution in [1.82, 2.24) is 20.0 Å². The number of nitrogens with zero attached hydrogens (tertiary/aromatic N) is 5. The molecule has 0 bridgehead atoms. The summed E-state index contributed by atoms with van der Waals surface area (Å²) in [6, 6.07) is 16.1. The highest BCUT2D eigenvalue weighted by molar-refractivity contribution is 7.92. The first-order valence-corrected chi connectivity index (χ1v) is 11.1. The van der Waals surface area contributed by atoms with Gasteiger partial charge in [-0.1, -0.05) is 0 Å². The van der Waals surface area contributed by atoms with Gasteiger partial charge in [0, 0.05) is 29.6 Å². The van der Waals surface area contributed by atoms with E-state index in [9.17, 15) is 18.5 Å². The summed E-state index contributed by atoms with van der Waals surface area (Å²) in [5, 5.41) is 23.3. The molecule has 0 aliphatic rings. The number of sulfonamides is 1. The summed E-state index contributed by atoms with van der Waals surface area (Å²) in [6.07, 6.45) is 0. The van der Waals surface area contributed by atoms with Gasteiger partial charge in [-0.15, -0.1) is 10.2 Å². The molecule has 0 aliphatic heterocycles. The zero-order chi connectivity index (χ0) is 23.6. The van der Waals surface area contributed by atoms with E-state index in [1.54, 1.807) is 28.9 Å². The topological polar surface area (TPSA) is 142 Å². The van der Waals surface area contributed by atoms with Crippen LogP contribution in [0.2, 0.25) is 0 Å². The maximum absolute atomic E-state index is 12.5. The van der Waals surface area contributed by atoms with Crippen molar-refractivity contribution in [2.75, 3.05) is 4.72 Å². The number of nitro groups is 1. The second kappa shape index (κ2) is 8.67. The number of hydrogen-bond donors (Lipinski definition) is 1. The van der Waals surface area contributed by atoms with Crippen molar-refractivity contribution < 1.29 is 18.1 Å². The number of rotatable bonds is 7. The van der Waals surface area contributed by atoms with Crippen LogP contribution in [0.5, 0.6) is 11.6 Å². The highest BCUT2D eigenvalue weighted by atomic mass is 32.2. The fraction of sp³-hybridized carbons (Fsp3) is 0.0952. The molecular weight excluding hydrogens is 448 g/mol. The molecular formula is C21H18N6O5S. The SMILES string of the molecule is Cc1cc(C)n(-c2ccc(Oc3ccc(NS(=O)(=O)c4ccc([N+](=O)[O-])cc4)cc3)nn2)n1. The highest BCUT2D eigenvalue weighted by Gasteiger charge is 2.16. The van der Waals surface area contributed by atoms with Gasteiger partial charge in [0.1, 0.15) is 5.75 Å². The molecule has 0 aliphatic carbocycles. The molecule has 0 saturated carbocycles. The molecule has 0 amide bonds. The van der Waals surface area contributed by atoms with E-state index in [1.807, 2.05) is 19.9 Å². The normalized spacial score (nSPS) is 11.2. The lowest BCUT2D eigenvalue weighted by molar-refractivity contribution is -0.384. The van der Waals surface area contributed by atoms with Crippen molar-refractivity contribution in [1.29, 1.82) is 0 Å². The van der Waals surface area contributed by atoms with Crippen LogP contribution in [-0.2, 0) is 10.0 Å². The van der Waals surface area contributed by atoms with Crippen LogP contribution >= 0.6 is 0 Å². The predicted molar refractivity (Wildman–Crippen MR) is 119 cm³/mol. The number of non-ortho nitro benzene ring substituents is 1. The van der Waals surface area contributed by atoms with E-state index in [-0.39, 0.29) is 16.5 Å². The Balaban J connectivity index is 1.43. The largest absolute Gasteiger partial charge is 0.438 e. The van der Waals surface area contributed by atoms with Crippen LogP contribution in [-0.4, -0.2) is 33.3 Å². The van der Waals surface area contributed by atoms with Crippen LogP contribution in [0.15, 0.2) is 71.6 Å². The smallest absolute Gasteiger partial charge is 0.269 e. The molecule has 12 heteroatoms. The van der Waals surface area contributed by atoms with Gasteiger partial charge in [0.05, 0.1) is 15.5 Å².